The molecule has 0 radical (unpaired) electrons. The van der Waals surface area contributed by atoms with Gasteiger partial charge in [-0.1, -0.05) is 29.8 Å². The van der Waals surface area contributed by atoms with Crippen LogP contribution < -0.4 is 16.6 Å². The quantitative estimate of drug-likeness (QED) is 0.804. The van der Waals surface area contributed by atoms with E-state index < -0.39 is 28.7 Å². The predicted molar refractivity (Wildman–Crippen MR) is 94.5 cm³/mol. The Balaban J connectivity index is 1.97. The molecule has 8 nitrogen and oxygen atoms in total. The number of rotatable bonds is 3. The Hall–Kier alpha value is -3.16. The number of carbonyl (C=O) groups excluding carboxylic acids is 2. The molecule has 26 heavy (non-hydrogen) atoms. The van der Waals surface area contributed by atoms with Crippen LogP contribution in [-0.4, -0.2) is 26.0 Å². The van der Waals surface area contributed by atoms with Crippen LogP contribution in [0.15, 0.2) is 39.9 Å². The van der Waals surface area contributed by atoms with Crippen molar-refractivity contribution in [2.75, 3.05) is 0 Å². The standard InChI is InChI=1S/C18H20N4O4/c1-11-5-7-12(8-6-11)18(2)15(24)22(16(25)19-18)10-13-9-14(23)21(4)17(26)20(13)3/h5-9H,10H2,1-4H3,(H,19,25)/t18-/m0/s1. The van der Waals surface area contributed by atoms with Crippen molar-refractivity contribution in [3.63, 3.8) is 0 Å². The van der Waals surface area contributed by atoms with Crippen molar-refractivity contribution in [2.24, 2.45) is 14.1 Å². The summed E-state index contributed by atoms with van der Waals surface area (Å²) in [4.78, 5) is 50.3. The lowest BCUT2D eigenvalue weighted by atomic mass is 9.91. The number of aromatic nitrogens is 2. The molecule has 8 heteroatoms. The first kappa shape index (κ1) is 17.7. The molecule has 0 unspecified atom stereocenters. The minimum Gasteiger partial charge on any atom is -0.319 e. The average Bonchev–Trinajstić information content (AvgIpc) is 2.82. The molecule has 0 spiro atoms. The van der Waals surface area contributed by atoms with Crippen molar-refractivity contribution >= 4 is 11.9 Å². The van der Waals surface area contributed by atoms with Gasteiger partial charge in [0.1, 0.15) is 5.54 Å². The maximum atomic E-state index is 12.9. The van der Waals surface area contributed by atoms with Crippen LogP contribution in [0.3, 0.4) is 0 Å². The largest absolute Gasteiger partial charge is 0.330 e. The normalized spacial score (nSPS) is 19.8. The highest BCUT2D eigenvalue weighted by molar-refractivity contribution is 6.07. The van der Waals surface area contributed by atoms with Gasteiger partial charge in [0.25, 0.3) is 11.5 Å². The summed E-state index contributed by atoms with van der Waals surface area (Å²) in [5.41, 5.74) is -0.196. The summed E-state index contributed by atoms with van der Waals surface area (Å²) in [7, 11) is 2.87. The molecule has 1 aromatic heterocycles. The molecule has 3 amide bonds. The number of amides is 3. The molecule has 1 aliphatic heterocycles. The second kappa shape index (κ2) is 5.98. The minimum absolute atomic E-state index is 0.159. The van der Waals surface area contributed by atoms with Crippen molar-refractivity contribution < 1.29 is 9.59 Å². The van der Waals surface area contributed by atoms with Gasteiger partial charge in [-0.3, -0.25) is 23.6 Å². The van der Waals surface area contributed by atoms with Gasteiger partial charge in [0, 0.05) is 25.9 Å². The lowest BCUT2D eigenvalue weighted by molar-refractivity contribution is -0.131. The Morgan fingerprint density at radius 3 is 2.23 bits per heavy atom. The first-order valence-corrected chi connectivity index (χ1v) is 8.12. The van der Waals surface area contributed by atoms with Gasteiger partial charge >= 0.3 is 11.7 Å². The predicted octanol–water partition coefficient (Wildman–Crippen LogP) is 0.360. The number of aryl methyl sites for hydroxylation is 1. The first-order chi connectivity index (χ1) is 12.1. The van der Waals surface area contributed by atoms with Gasteiger partial charge < -0.3 is 5.32 Å². The number of hydrogen-bond acceptors (Lipinski definition) is 4. The third-order valence-corrected chi connectivity index (χ3v) is 4.85. The monoisotopic (exact) mass is 356 g/mol. The summed E-state index contributed by atoms with van der Waals surface area (Å²) < 4.78 is 2.22. The highest BCUT2D eigenvalue weighted by Gasteiger charge is 2.49. The lowest BCUT2D eigenvalue weighted by Crippen LogP contribution is -2.42. The maximum Gasteiger partial charge on any atom is 0.330 e. The van der Waals surface area contributed by atoms with Crippen LogP contribution in [-0.2, 0) is 31.0 Å². The third kappa shape index (κ3) is 2.63. The summed E-state index contributed by atoms with van der Waals surface area (Å²) in [5.74, 6) is -0.431. The molecule has 1 atom stereocenters. The number of imide groups is 1. The Bertz CT molecular complexity index is 1020. The molecule has 0 bridgehead atoms. The highest BCUT2D eigenvalue weighted by atomic mass is 16.2. The number of nitrogens with zero attached hydrogens (tertiary/aromatic N) is 3. The molecule has 136 valence electrons. The van der Waals surface area contributed by atoms with Gasteiger partial charge in [-0.25, -0.2) is 9.59 Å². The van der Waals surface area contributed by atoms with Crippen molar-refractivity contribution in [1.82, 2.24) is 19.4 Å². The van der Waals surface area contributed by atoms with E-state index in [0.29, 0.717) is 5.56 Å². The number of hydrogen-bond donors (Lipinski definition) is 1. The summed E-state index contributed by atoms with van der Waals surface area (Å²) in [6.45, 7) is 3.42. The number of nitrogens with one attached hydrogen (secondary N) is 1. The van der Waals surface area contributed by atoms with Gasteiger partial charge in [0.15, 0.2) is 0 Å². The second-order valence-electron chi connectivity index (χ2n) is 6.69. The van der Waals surface area contributed by atoms with E-state index in [1.54, 1.807) is 19.1 Å². The van der Waals surface area contributed by atoms with E-state index in [-0.39, 0.29) is 12.2 Å². The molecular formula is C18H20N4O4. The molecule has 1 fully saturated rings. The van der Waals surface area contributed by atoms with E-state index in [9.17, 15) is 19.2 Å². The summed E-state index contributed by atoms with van der Waals surface area (Å²) in [5, 5.41) is 2.71. The fourth-order valence-corrected chi connectivity index (χ4v) is 3.02. The third-order valence-electron chi connectivity index (χ3n) is 4.85. The van der Waals surface area contributed by atoms with Gasteiger partial charge in [-0.2, -0.15) is 0 Å². The van der Waals surface area contributed by atoms with Crippen LogP contribution in [0.5, 0.6) is 0 Å². The van der Waals surface area contributed by atoms with Crippen LogP contribution in [0.25, 0.3) is 0 Å². The van der Waals surface area contributed by atoms with E-state index in [4.69, 9.17) is 0 Å². The zero-order valence-electron chi connectivity index (χ0n) is 15.1. The molecule has 2 heterocycles. The van der Waals surface area contributed by atoms with Crippen LogP contribution >= 0.6 is 0 Å². The zero-order chi connectivity index (χ0) is 19.2. The topological polar surface area (TPSA) is 93.4 Å². The Morgan fingerprint density at radius 1 is 1.00 bits per heavy atom. The zero-order valence-corrected chi connectivity index (χ0v) is 15.1. The van der Waals surface area contributed by atoms with E-state index >= 15 is 0 Å². The maximum absolute atomic E-state index is 12.9. The summed E-state index contributed by atoms with van der Waals surface area (Å²) >= 11 is 0. The Morgan fingerprint density at radius 2 is 1.62 bits per heavy atom. The molecule has 0 aliphatic carbocycles. The molecule has 1 aliphatic rings. The Kier molecular flexibility index (Phi) is 4.06. The number of benzene rings is 1. The SMILES string of the molecule is Cc1ccc([C@]2(C)NC(=O)N(Cc3cc(=O)n(C)c(=O)n3C)C2=O)cc1. The average molecular weight is 356 g/mol. The Labute approximate surface area is 149 Å². The summed E-state index contributed by atoms with van der Waals surface area (Å²) in [6.07, 6.45) is 0. The molecule has 3 rings (SSSR count). The van der Waals surface area contributed by atoms with Gasteiger partial charge in [-0.05, 0) is 19.4 Å². The van der Waals surface area contributed by atoms with Crippen LogP contribution in [0.2, 0.25) is 0 Å². The van der Waals surface area contributed by atoms with Gasteiger partial charge in [0.2, 0.25) is 0 Å². The first-order valence-electron chi connectivity index (χ1n) is 8.12. The summed E-state index contributed by atoms with van der Waals surface area (Å²) in [6, 6.07) is 8.02. The van der Waals surface area contributed by atoms with E-state index in [1.807, 2.05) is 19.1 Å². The number of carbonyl (C=O) groups is 2. The van der Waals surface area contributed by atoms with E-state index in [0.717, 1.165) is 15.0 Å². The molecule has 1 N–H and O–H groups in total. The van der Waals surface area contributed by atoms with Crippen LogP contribution in [0.1, 0.15) is 23.7 Å². The molecule has 1 aromatic carbocycles. The fourth-order valence-electron chi connectivity index (χ4n) is 3.02. The lowest BCUT2D eigenvalue weighted by Gasteiger charge is -2.22. The molecule has 1 saturated heterocycles. The van der Waals surface area contributed by atoms with Gasteiger partial charge in [-0.15, -0.1) is 0 Å². The van der Waals surface area contributed by atoms with E-state index in [2.05, 4.69) is 5.32 Å². The van der Waals surface area contributed by atoms with Crippen molar-refractivity contribution in [2.45, 2.75) is 25.9 Å². The van der Waals surface area contributed by atoms with Crippen molar-refractivity contribution in [3.05, 3.63) is 68.0 Å². The van der Waals surface area contributed by atoms with Crippen molar-refractivity contribution in [3.8, 4) is 0 Å². The second-order valence-corrected chi connectivity index (χ2v) is 6.69. The van der Waals surface area contributed by atoms with Gasteiger partial charge in [0.05, 0.1) is 6.54 Å². The smallest absolute Gasteiger partial charge is 0.319 e. The molecule has 2 aromatic rings. The van der Waals surface area contributed by atoms with Crippen LogP contribution in [0, 0.1) is 6.92 Å². The number of urea groups is 1. The molecular weight excluding hydrogens is 336 g/mol. The van der Waals surface area contributed by atoms with Crippen LogP contribution in [0.4, 0.5) is 4.79 Å². The van der Waals surface area contributed by atoms with E-state index in [1.165, 1.54) is 24.7 Å². The van der Waals surface area contributed by atoms with Crippen molar-refractivity contribution in [1.29, 1.82) is 0 Å². The molecule has 0 saturated carbocycles. The minimum atomic E-state index is -1.19. The highest BCUT2D eigenvalue weighted by Crippen LogP contribution is 2.29. The fraction of sp³-hybridized carbons (Fsp3) is 0.333.